The lowest BCUT2D eigenvalue weighted by molar-refractivity contribution is 0.0141. The van der Waals surface area contributed by atoms with E-state index in [2.05, 4.69) is 22.1 Å². The number of amides is 1. The van der Waals surface area contributed by atoms with Crippen LogP contribution in [0.2, 0.25) is 5.02 Å². The maximum atomic E-state index is 12.9. The number of nitrogens with zero attached hydrogens (tertiary/aromatic N) is 1. The standard InChI is InChI=1S/C19H26ClN3O3/c1-5-6-12(2)26-17-10-15(21)14(20)9-13(17)19(24)22-16-7-8-23(3)11-18(16)25-4/h9-10,12,16,18H,7-8,11,21H2,1-4H3,(H,22,24)/t12-,16+,18-/m0/s1. The van der Waals surface area contributed by atoms with Crippen LogP contribution in [0.15, 0.2) is 12.1 Å². The van der Waals surface area contributed by atoms with Crippen LogP contribution < -0.4 is 15.8 Å². The average Bonchev–Trinajstić information content (AvgIpc) is 2.59. The topological polar surface area (TPSA) is 76.8 Å². The van der Waals surface area contributed by atoms with Gasteiger partial charge in [-0.15, -0.1) is 5.92 Å². The van der Waals surface area contributed by atoms with Gasteiger partial charge in [0.05, 0.1) is 28.4 Å². The van der Waals surface area contributed by atoms with Crippen molar-refractivity contribution in [2.75, 3.05) is 33.0 Å². The molecule has 3 atom stereocenters. The highest BCUT2D eigenvalue weighted by Gasteiger charge is 2.30. The fourth-order valence-corrected chi connectivity index (χ4v) is 3.15. The van der Waals surface area contributed by atoms with Crippen LogP contribution in [0.1, 0.15) is 30.6 Å². The van der Waals surface area contributed by atoms with Crippen LogP contribution in [-0.2, 0) is 4.74 Å². The fourth-order valence-electron chi connectivity index (χ4n) is 2.99. The third-order valence-corrected chi connectivity index (χ3v) is 4.70. The SMILES string of the molecule is CC#C[C@H](C)Oc1cc(N)c(Cl)cc1C(=O)N[C@@H]1CCN(C)C[C@@H]1OC. The molecule has 1 aromatic rings. The second-order valence-electron chi connectivity index (χ2n) is 6.43. The van der Waals surface area contributed by atoms with E-state index >= 15 is 0 Å². The highest BCUT2D eigenvalue weighted by Crippen LogP contribution is 2.30. The zero-order chi connectivity index (χ0) is 19.3. The number of carbonyl (C=O) groups is 1. The van der Waals surface area contributed by atoms with Crippen molar-refractivity contribution in [2.24, 2.45) is 0 Å². The number of anilines is 1. The van der Waals surface area contributed by atoms with E-state index in [1.54, 1.807) is 27.0 Å². The van der Waals surface area contributed by atoms with Crippen molar-refractivity contribution in [1.29, 1.82) is 0 Å². The number of likely N-dealkylation sites (tertiary alicyclic amines) is 1. The lowest BCUT2D eigenvalue weighted by Crippen LogP contribution is -2.53. The summed E-state index contributed by atoms with van der Waals surface area (Å²) in [6.07, 6.45) is 0.357. The molecular weight excluding hydrogens is 354 g/mol. The summed E-state index contributed by atoms with van der Waals surface area (Å²) >= 11 is 6.13. The fraction of sp³-hybridized carbons (Fsp3) is 0.526. The third kappa shape index (κ3) is 5.04. The minimum Gasteiger partial charge on any atom is -0.477 e. The molecule has 1 aliphatic heterocycles. The Kier molecular flexibility index (Phi) is 7.15. The molecule has 1 aliphatic rings. The lowest BCUT2D eigenvalue weighted by atomic mass is 10.0. The minimum atomic E-state index is -0.373. The first-order chi connectivity index (χ1) is 12.3. The van der Waals surface area contributed by atoms with Crippen molar-refractivity contribution in [3.05, 3.63) is 22.7 Å². The molecule has 3 N–H and O–H groups in total. The number of nitrogen functional groups attached to an aromatic ring is 1. The molecular formula is C19H26ClN3O3. The molecule has 1 aromatic carbocycles. The van der Waals surface area contributed by atoms with Crippen molar-refractivity contribution < 1.29 is 14.3 Å². The number of hydrogen-bond donors (Lipinski definition) is 2. The first kappa shape index (κ1) is 20.4. The van der Waals surface area contributed by atoms with E-state index in [9.17, 15) is 4.79 Å². The smallest absolute Gasteiger partial charge is 0.255 e. The Morgan fingerprint density at radius 1 is 1.50 bits per heavy atom. The first-order valence-electron chi connectivity index (χ1n) is 8.55. The number of nitrogens with two attached hydrogens (primary N) is 1. The second kappa shape index (κ2) is 9.13. The van der Waals surface area contributed by atoms with E-state index in [-0.39, 0.29) is 24.2 Å². The molecule has 1 saturated heterocycles. The molecule has 7 heteroatoms. The minimum absolute atomic E-state index is 0.0730. The molecule has 0 aromatic heterocycles. The van der Waals surface area contributed by atoms with E-state index in [0.29, 0.717) is 22.0 Å². The van der Waals surface area contributed by atoms with Crippen LogP contribution in [0.5, 0.6) is 5.75 Å². The lowest BCUT2D eigenvalue weighted by Gasteiger charge is -2.36. The number of rotatable bonds is 5. The number of methoxy groups -OCH3 is 1. The first-order valence-corrected chi connectivity index (χ1v) is 8.93. The highest BCUT2D eigenvalue weighted by atomic mass is 35.5. The Morgan fingerprint density at radius 2 is 2.23 bits per heavy atom. The number of carbonyl (C=O) groups excluding carboxylic acids is 1. The Hall–Kier alpha value is -1.94. The molecule has 26 heavy (non-hydrogen) atoms. The van der Waals surface area contributed by atoms with Gasteiger partial charge in [0, 0.05) is 19.7 Å². The van der Waals surface area contributed by atoms with Crippen LogP contribution in [0.3, 0.4) is 0 Å². The zero-order valence-electron chi connectivity index (χ0n) is 15.6. The summed E-state index contributed by atoms with van der Waals surface area (Å²) in [4.78, 5) is 15.1. The van der Waals surface area contributed by atoms with Crippen molar-refractivity contribution >= 4 is 23.2 Å². The maximum Gasteiger partial charge on any atom is 0.255 e. The average molecular weight is 380 g/mol. The summed E-state index contributed by atoms with van der Waals surface area (Å²) in [5.74, 6) is 5.78. The van der Waals surface area contributed by atoms with Crippen molar-refractivity contribution in [1.82, 2.24) is 10.2 Å². The summed E-state index contributed by atoms with van der Waals surface area (Å²) in [6, 6.07) is 3.01. The Bertz CT molecular complexity index is 714. The van der Waals surface area contributed by atoms with E-state index in [4.69, 9.17) is 26.8 Å². The normalized spacial score (nSPS) is 21.4. The molecule has 1 heterocycles. The molecule has 2 rings (SSSR count). The Labute approximate surface area is 160 Å². The van der Waals surface area contributed by atoms with E-state index in [0.717, 1.165) is 19.5 Å². The number of ether oxygens (including phenoxy) is 2. The molecule has 1 fully saturated rings. The van der Waals surface area contributed by atoms with Crippen molar-refractivity contribution in [2.45, 2.75) is 38.5 Å². The Balaban J connectivity index is 2.23. The number of nitrogens with one attached hydrogen (secondary N) is 1. The molecule has 6 nitrogen and oxygen atoms in total. The van der Waals surface area contributed by atoms with Gasteiger partial charge in [0.2, 0.25) is 0 Å². The molecule has 1 amide bonds. The predicted molar refractivity (Wildman–Crippen MR) is 104 cm³/mol. The molecule has 0 aliphatic carbocycles. The molecule has 0 saturated carbocycles. The zero-order valence-corrected chi connectivity index (χ0v) is 16.4. The largest absolute Gasteiger partial charge is 0.477 e. The van der Waals surface area contributed by atoms with Gasteiger partial charge in [0.25, 0.3) is 5.91 Å². The van der Waals surface area contributed by atoms with Gasteiger partial charge in [-0.05, 0) is 39.9 Å². The number of hydrogen-bond acceptors (Lipinski definition) is 5. The summed E-state index contributed by atoms with van der Waals surface area (Å²) < 4.78 is 11.3. The van der Waals surface area contributed by atoms with Crippen molar-refractivity contribution in [3.8, 4) is 17.6 Å². The van der Waals surface area contributed by atoms with Crippen LogP contribution in [-0.4, -0.2) is 56.3 Å². The predicted octanol–water partition coefficient (Wildman–Crippen LogP) is 2.16. The summed E-state index contributed by atoms with van der Waals surface area (Å²) in [6.45, 7) is 5.19. The monoisotopic (exact) mass is 379 g/mol. The van der Waals surface area contributed by atoms with E-state index < -0.39 is 0 Å². The van der Waals surface area contributed by atoms with Gasteiger partial charge in [-0.3, -0.25) is 4.79 Å². The highest BCUT2D eigenvalue weighted by molar-refractivity contribution is 6.33. The summed E-state index contributed by atoms with van der Waals surface area (Å²) in [5, 5.41) is 3.35. The molecule has 0 radical (unpaired) electrons. The van der Waals surface area contributed by atoms with Gasteiger partial charge >= 0.3 is 0 Å². The maximum absolute atomic E-state index is 12.9. The number of likely N-dealkylation sites (N-methyl/N-ethyl adjacent to an activating group) is 1. The Morgan fingerprint density at radius 3 is 2.88 bits per heavy atom. The van der Waals surface area contributed by atoms with Crippen LogP contribution in [0.25, 0.3) is 0 Å². The van der Waals surface area contributed by atoms with E-state index in [1.165, 1.54) is 6.07 Å². The second-order valence-corrected chi connectivity index (χ2v) is 6.84. The van der Waals surface area contributed by atoms with Gasteiger partial charge in [-0.2, -0.15) is 0 Å². The van der Waals surface area contributed by atoms with Gasteiger partial charge in [-0.1, -0.05) is 17.5 Å². The summed E-state index contributed by atoms with van der Waals surface area (Å²) in [5.41, 5.74) is 6.56. The van der Waals surface area contributed by atoms with Crippen LogP contribution in [0, 0.1) is 11.8 Å². The molecule has 142 valence electrons. The van der Waals surface area contributed by atoms with Crippen molar-refractivity contribution in [3.63, 3.8) is 0 Å². The van der Waals surface area contributed by atoms with Gasteiger partial charge in [-0.25, -0.2) is 0 Å². The molecule has 0 unspecified atom stereocenters. The molecule has 0 spiro atoms. The number of piperidine rings is 1. The van der Waals surface area contributed by atoms with Gasteiger partial charge in [0.15, 0.2) is 6.10 Å². The van der Waals surface area contributed by atoms with Gasteiger partial charge in [0.1, 0.15) is 5.75 Å². The molecule has 0 bridgehead atoms. The third-order valence-electron chi connectivity index (χ3n) is 4.38. The van der Waals surface area contributed by atoms with Gasteiger partial charge < -0.3 is 25.4 Å². The number of halogens is 1. The van der Waals surface area contributed by atoms with Crippen LogP contribution >= 0.6 is 11.6 Å². The summed E-state index contributed by atoms with van der Waals surface area (Å²) in [7, 11) is 3.69. The van der Waals surface area contributed by atoms with Crippen LogP contribution in [0.4, 0.5) is 5.69 Å². The van der Waals surface area contributed by atoms with E-state index in [1.807, 2.05) is 7.05 Å². The number of benzene rings is 1. The quantitative estimate of drug-likeness (QED) is 0.605.